The van der Waals surface area contributed by atoms with Gasteiger partial charge in [-0.3, -0.25) is 0 Å². The molecule has 0 aromatic heterocycles. The molecule has 0 saturated heterocycles. The van der Waals surface area contributed by atoms with E-state index in [1.165, 1.54) is 0 Å². The van der Waals surface area contributed by atoms with Crippen molar-refractivity contribution in [1.29, 1.82) is 5.26 Å². The predicted octanol–water partition coefficient (Wildman–Crippen LogP) is 1.95. The van der Waals surface area contributed by atoms with Crippen molar-refractivity contribution < 1.29 is 10.2 Å². The summed E-state index contributed by atoms with van der Waals surface area (Å²) in [7, 11) is 0. The van der Waals surface area contributed by atoms with Crippen LogP contribution in [0.15, 0.2) is 29.4 Å². The Morgan fingerprint density at radius 3 is 2.79 bits per heavy atom. The minimum Gasteiger partial charge on any atom is -0.390 e. The molecule has 98 valence electrons. The molecule has 0 aliphatic heterocycles. The van der Waals surface area contributed by atoms with Gasteiger partial charge in [-0.2, -0.15) is 5.26 Å². The lowest BCUT2D eigenvalue weighted by Gasteiger charge is -2.17. The fourth-order valence-corrected chi connectivity index (χ4v) is 2.05. The maximum Gasteiger partial charge on any atom is 0.105 e. The van der Waals surface area contributed by atoms with E-state index in [2.05, 4.69) is 16.1 Å². The Hall–Kier alpha value is -2.06. The smallest absolute Gasteiger partial charge is 0.105 e. The summed E-state index contributed by atoms with van der Waals surface area (Å²) >= 11 is 0. The van der Waals surface area contributed by atoms with Gasteiger partial charge in [0, 0.05) is 4.91 Å². The van der Waals surface area contributed by atoms with Crippen LogP contribution >= 0.6 is 0 Å². The van der Waals surface area contributed by atoms with Crippen molar-refractivity contribution in [2.24, 2.45) is 5.11 Å². The Labute approximate surface area is 110 Å². The Morgan fingerprint density at radius 1 is 1.47 bits per heavy atom. The molecule has 0 heterocycles. The number of rotatable bonds is 5. The number of hydrogen-bond donors (Lipinski definition) is 2. The van der Waals surface area contributed by atoms with E-state index >= 15 is 0 Å². The minimum absolute atomic E-state index is 0.189. The Kier molecular flexibility index (Phi) is 3.72. The third kappa shape index (κ3) is 2.69. The van der Waals surface area contributed by atoms with Gasteiger partial charge in [-0.1, -0.05) is 29.4 Å². The van der Waals surface area contributed by atoms with Crippen molar-refractivity contribution in [3.05, 3.63) is 45.8 Å². The molecular formula is C13H14N4O2. The number of aliphatic hydroxyl groups excluding tert-OH is 2. The highest BCUT2D eigenvalue weighted by molar-refractivity contribution is 5.41. The number of hydrogen-bond acceptors (Lipinski definition) is 4. The summed E-state index contributed by atoms with van der Waals surface area (Å²) in [5, 5.41) is 32.1. The second kappa shape index (κ2) is 5.29. The fourth-order valence-electron chi connectivity index (χ4n) is 2.05. The van der Waals surface area contributed by atoms with Crippen LogP contribution in [-0.4, -0.2) is 22.9 Å². The first-order valence-corrected chi connectivity index (χ1v) is 6.01. The van der Waals surface area contributed by atoms with Gasteiger partial charge in [0.15, 0.2) is 0 Å². The van der Waals surface area contributed by atoms with E-state index in [0.29, 0.717) is 5.56 Å². The summed E-state index contributed by atoms with van der Waals surface area (Å²) in [6.07, 6.45) is -0.627. The first kappa shape index (κ1) is 13.4. The number of azide groups is 1. The van der Waals surface area contributed by atoms with Crippen LogP contribution in [-0.2, 0) is 5.41 Å². The van der Waals surface area contributed by atoms with Gasteiger partial charge in [0.1, 0.15) is 6.10 Å². The summed E-state index contributed by atoms with van der Waals surface area (Å²) < 4.78 is 0. The van der Waals surface area contributed by atoms with Crippen LogP contribution in [0.5, 0.6) is 0 Å². The zero-order valence-electron chi connectivity index (χ0n) is 10.3. The molecule has 2 N–H and O–H groups in total. The highest BCUT2D eigenvalue weighted by Crippen LogP contribution is 2.47. The topological polar surface area (TPSA) is 113 Å². The molecule has 1 aromatic rings. The van der Waals surface area contributed by atoms with Gasteiger partial charge < -0.3 is 10.2 Å². The standard InChI is InChI=1S/C13H14N4O2/c14-8-13(4-5-13)10-3-1-2-9(6-10)12(19)11(18)7-16-17-15/h1-3,6,11-12,18-19H,4-5,7H2. The summed E-state index contributed by atoms with van der Waals surface area (Å²) in [6.45, 7) is -0.189. The molecule has 1 fully saturated rings. The lowest BCUT2D eigenvalue weighted by molar-refractivity contribution is 0.0243. The molecule has 1 saturated carbocycles. The first-order chi connectivity index (χ1) is 9.13. The van der Waals surface area contributed by atoms with Crippen molar-refractivity contribution in [3.8, 4) is 6.07 Å². The first-order valence-electron chi connectivity index (χ1n) is 6.01. The van der Waals surface area contributed by atoms with Crippen molar-refractivity contribution in [1.82, 2.24) is 0 Å². The summed E-state index contributed by atoms with van der Waals surface area (Å²) in [5.41, 5.74) is 9.15. The monoisotopic (exact) mass is 258 g/mol. The normalized spacial score (nSPS) is 18.8. The highest BCUT2D eigenvalue weighted by Gasteiger charge is 2.45. The SMILES string of the molecule is N#CC1(c2cccc(C(O)C(O)CN=[N+]=[N-])c2)CC1. The third-order valence-electron chi connectivity index (χ3n) is 3.44. The average Bonchev–Trinajstić information content (AvgIpc) is 3.25. The van der Waals surface area contributed by atoms with Crippen LogP contribution < -0.4 is 0 Å². The van der Waals surface area contributed by atoms with Gasteiger partial charge in [0.05, 0.1) is 24.1 Å². The van der Waals surface area contributed by atoms with Gasteiger partial charge in [-0.05, 0) is 29.5 Å². The zero-order chi connectivity index (χ0) is 13.9. The second-order valence-corrected chi connectivity index (χ2v) is 4.74. The lowest BCUT2D eigenvalue weighted by atomic mass is 9.93. The molecule has 2 unspecified atom stereocenters. The van der Waals surface area contributed by atoms with E-state index < -0.39 is 17.6 Å². The van der Waals surface area contributed by atoms with Crippen molar-refractivity contribution in [2.75, 3.05) is 6.54 Å². The van der Waals surface area contributed by atoms with E-state index in [4.69, 9.17) is 10.8 Å². The molecule has 6 nitrogen and oxygen atoms in total. The molecule has 0 bridgehead atoms. The molecule has 2 rings (SSSR count). The maximum atomic E-state index is 9.98. The number of nitrogens with zero attached hydrogens (tertiary/aromatic N) is 4. The zero-order valence-corrected chi connectivity index (χ0v) is 10.3. The van der Waals surface area contributed by atoms with Gasteiger partial charge in [0.2, 0.25) is 0 Å². The Balaban J connectivity index is 2.19. The number of benzene rings is 1. The lowest BCUT2D eigenvalue weighted by Crippen LogP contribution is -2.21. The summed E-state index contributed by atoms with van der Waals surface area (Å²) in [4.78, 5) is 2.54. The van der Waals surface area contributed by atoms with E-state index in [9.17, 15) is 10.2 Å². The van der Waals surface area contributed by atoms with E-state index in [1.54, 1.807) is 18.2 Å². The van der Waals surface area contributed by atoms with Crippen LogP contribution in [0.1, 0.15) is 30.1 Å². The number of aliphatic hydroxyl groups is 2. The molecule has 1 aromatic carbocycles. The van der Waals surface area contributed by atoms with Crippen molar-refractivity contribution in [3.63, 3.8) is 0 Å². The summed E-state index contributed by atoms with van der Waals surface area (Å²) in [5.74, 6) is 0. The van der Waals surface area contributed by atoms with Crippen LogP contribution in [0.2, 0.25) is 0 Å². The molecule has 1 aliphatic carbocycles. The summed E-state index contributed by atoms with van der Waals surface area (Å²) in [6, 6.07) is 9.31. The fraction of sp³-hybridized carbons (Fsp3) is 0.462. The minimum atomic E-state index is -1.15. The Bertz CT molecular complexity index is 556. The van der Waals surface area contributed by atoms with Crippen LogP contribution in [0.3, 0.4) is 0 Å². The molecule has 2 atom stereocenters. The largest absolute Gasteiger partial charge is 0.390 e. The molecular weight excluding hydrogens is 244 g/mol. The third-order valence-corrected chi connectivity index (χ3v) is 3.44. The second-order valence-electron chi connectivity index (χ2n) is 4.74. The van der Waals surface area contributed by atoms with Crippen LogP contribution in [0.4, 0.5) is 0 Å². The van der Waals surface area contributed by atoms with E-state index in [0.717, 1.165) is 18.4 Å². The van der Waals surface area contributed by atoms with Crippen molar-refractivity contribution >= 4 is 0 Å². The molecule has 0 amide bonds. The van der Waals surface area contributed by atoms with Crippen molar-refractivity contribution in [2.45, 2.75) is 30.5 Å². The molecule has 0 spiro atoms. The van der Waals surface area contributed by atoms with E-state index in [-0.39, 0.29) is 6.54 Å². The molecule has 6 heteroatoms. The average molecular weight is 258 g/mol. The molecule has 19 heavy (non-hydrogen) atoms. The predicted molar refractivity (Wildman–Crippen MR) is 67.9 cm³/mol. The van der Waals surface area contributed by atoms with E-state index in [1.807, 2.05) is 6.07 Å². The van der Waals surface area contributed by atoms with Gasteiger partial charge >= 0.3 is 0 Å². The maximum absolute atomic E-state index is 9.98. The Morgan fingerprint density at radius 2 is 2.21 bits per heavy atom. The van der Waals surface area contributed by atoms with Gasteiger partial charge in [0.25, 0.3) is 0 Å². The molecule has 1 aliphatic rings. The van der Waals surface area contributed by atoms with Crippen LogP contribution in [0, 0.1) is 11.3 Å². The van der Waals surface area contributed by atoms with Gasteiger partial charge in [-0.25, -0.2) is 0 Å². The quantitative estimate of drug-likeness (QED) is 0.478. The molecule has 0 radical (unpaired) electrons. The number of nitriles is 1. The van der Waals surface area contributed by atoms with Crippen LogP contribution in [0.25, 0.3) is 10.4 Å². The van der Waals surface area contributed by atoms with Gasteiger partial charge in [-0.15, -0.1) is 0 Å². The highest BCUT2D eigenvalue weighted by atomic mass is 16.3.